The summed E-state index contributed by atoms with van der Waals surface area (Å²) >= 11 is 0. The van der Waals surface area contributed by atoms with Crippen molar-refractivity contribution in [2.24, 2.45) is 10.9 Å². The summed E-state index contributed by atoms with van der Waals surface area (Å²) in [6, 6.07) is 19.4. The second-order valence-corrected chi connectivity index (χ2v) is 9.40. The van der Waals surface area contributed by atoms with E-state index >= 15 is 0 Å². The lowest BCUT2D eigenvalue weighted by Gasteiger charge is -2.23. The number of aliphatic imine (C=N–C) groups is 1. The zero-order valence-corrected chi connectivity index (χ0v) is 20.3. The number of ether oxygens (including phenoxy) is 2. The van der Waals surface area contributed by atoms with Crippen LogP contribution < -0.4 is 4.74 Å². The van der Waals surface area contributed by atoms with Crippen molar-refractivity contribution in [3.05, 3.63) is 76.9 Å². The molecule has 0 amide bonds. The van der Waals surface area contributed by atoms with Crippen molar-refractivity contribution in [3.63, 3.8) is 0 Å². The highest BCUT2D eigenvalue weighted by Crippen LogP contribution is 2.45. The molecule has 0 saturated carbocycles. The van der Waals surface area contributed by atoms with Gasteiger partial charge in [0.1, 0.15) is 12.4 Å². The van der Waals surface area contributed by atoms with Gasteiger partial charge in [-0.05, 0) is 76.6 Å². The van der Waals surface area contributed by atoms with Crippen LogP contribution in [0.25, 0.3) is 32.7 Å². The number of aryl methyl sites for hydroxylation is 2. The van der Waals surface area contributed by atoms with Crippen LogP contribution >= 0.6 is 0 Å². The normalized spacial score (nSPS) is 15.8. The maximum absolute atomic E-state index is 6.27. The number of fused-ring (bicyclic) bond motifs is 2. The molecule has 0 N–H and O–H groups in total. The number of methoxy groups -OCH3 is 1. The van der Waals surface area contributed by atoms with E-state index in [0.29, 0.717) is 12.5 Å². The smallest absolute Gasteiger partial charge is 0.217 e. The van der Waals surface area contributed by atoms with Crippen LogP contribution in [0.4, 0.5) is 0 Å². The van der Waals surface area contributed by atoms with Gasteiger partial charge >= 0.3 is 0 Å². The van der Waals surface area contributed by atoms with E-state index in [1.807, 2.05) is 0 Å². The van der Waals surface area contributed by atoms with Gasteiger partial charge in [-0.3, -0.25) is 0 Å². The molecule has 4 aromatic carbocycles. The van der Waals surface area contributed by atoms with Gasteiger partial charge < -0.3 is 9.47 Å². The molecule has 0 bridgehead atoms. The van der Waals surface area contributed by atoms with Gasteiger partial charge in [0.2, 0.25) is 5.90 Å². The molecule has 33 heavy (non-hydrogen) atoms. The third-order valence-corrected chi connectivity index (χ3v) is 7.19. The van der Waals surface area contributed by atoms with Gasteiger partial charge in [-0.1, -0.05) is 62.4 Å². The predicted octanol–water partition coefficient (Wildman–Crippen LogP) is 7.40. The van der Waals surface area contributed by atoms with E-state index in [-0.39, 0.29) is 6.04 Å². The number of hydrogen-bond acceptors (Lipinski definition) is 3. The van der Waals surface area contributed by atoms with Crippen LogP contribution in [0.3, 0.4) is 0 Å². The van der Waals surface area contributed by atoms with Gasteiger partial charge in [0.25, 0.3) is 0 Å². The molecule has 3 nitrogen and oxygen atoms in total. The summed E-state index contributed by atoms with van der Waals surface area (Å²) in [6.45, 7) is 11.7. The van der Waals surface area contributed by atoms with Crippen LogP contribution in [0.5, 0.6) is 5.75 Å². The highest BCUT2D eigenvalue weighted by atomic mass is 16.5. The molecular weight excluding hydrogens is 406 g/mol. The van der Waals surface area contributed by atoms with Gasteiger partial charge in [-0.15, -0.1) is 0 Å². The molecular formula is C30H31NO2. The van der Waals surface area contributed by atoms with Crippen molar-refractivity contribution in [1.29, 1.82) is 0 Å². The third-order valence-electron chi connectivity index (χ3n) is 7.19. The zero-order valence-electron chi connectivity index (χ0n) is 20.3. The Morgan fingerprint density at radius 1 is 0.818 bits per heavy atom. The molecule has 5 rings (SSSR count). The van der Waals surface area contributed by atoms with Crippen LogP contribution in [-0.4, -0.2) is 25.7 Å². The van der Waals surface area contributed by atoms with Crippen LogP contribution in [0.2, 0.25) is 0 Å². The lowest BCUT2D eigenvalue weighted by Crippen LogP contribution is -2.13. The van der Waals surface area contributed by atoms with E-state index < -0.39 is 0 Å². The van der Waals surface area contributed by atoms with E-state index in [2.05, 4.69) is 89.2 Å². The number of rotatable bonds is 4. The summed E-state index contributed by atoms with van der Waals surface area (Å²) in [5.74, 6) is 2.00. The highest BCUT2D eigenvalue weighted by Gasteiger charge is 2.29. The molecule has 1 heterocycles. The van der Waals surface area contributed by atoms with Crippen molar-refractivity contribution in [2.75, 3.05) is 13.7 Å². The monoisotopic (exact) mass is 437 g/mol. The van der Waals surface area contributed by atoms with E-state index in [4.69, 9.17) is 14.5 Å². The second-order valence-electron chi connectivity index (χ2n) is 9.40. The molecule has 0 aromatic heterocycles. The van der Waals surface area contributed by atoms with Gasteiger partial charge in [0, 0.05) is 5.56 Å². The first-order chi connectivity index (χ1) is 15.9. The molecule has 0 radical (unpaired) electrons. The Morgan fingerprint density at radius 3 is 2.09 bits per heavy atom. The maximum Gasteiger partial charge on any atom is 0.217 e. The Labute approximate surface area is 196 Å². The van der Waals surface area contributed by atoms with Gasteiger partial charge in [-0.25, -0.2) is 4.99 Å². The molecule has 0 unspecified atom stereocenters. The van der Waals surface area contributed by atoms with Crippen LogP contribution in [0, 0.1) is 26.7 Å². The number of nitrogens with zero attached hydrogens (tertiary/aromatic N) is 1. The summed E-state index contributed by atoms with van der Waals surface area (Å²) in [5, 5.41) is 4.83. The average Bonchev–Trinajstić information content (AvgIpc) is 3.32. The van der Waals surface area contributed by atoms with E-state index in [1.54, 1.807) is 7.11 Å². The Morgan fingerprint density at radius 2 is 1.45 bits per heavy atom. The van der Waals surface area contributed by atoms with Gasteiger partial charge in [0.05, 0.1) is 18.7 Å². The van der Waals surface area contributed by atoms with Crippen LogP contribution in [0.1, 0.15) is 36.1 Å². The SMILES string of the molecule is COc1cc2ccccc2c(C2=N[C@@H](C(C)C)CO2)c1-c1c(C)c(C)c2ccccc2c1C. The number of benzene rings is 4. The van der Waals surface area contributed by atoms with Gasteiger partial charge in [-0.2, -0.15) is 0 Å². The summed E-state index contributed by atoms with van der Waals surface area (Å²) in [5.41, 5.74) is 7.13. The molecule has 4 aromatic rings. The van der Waals surface area contributed by atoms with E-state index in [1.165, 1.54) is 33.0 Å². The topological polar surface area (TPSA) is 30.8 Å². The second kappa shape index (κ2) is 8.22. The van der Waals surface area contributed by atoms with Crippen LogP contribution in [-0.2, 0) is 4.74 Å². The first kappa shape index (κ1) is 21.5. The lowest BCUT2D eigenvalue weighted by atomic mass is 9.84. The molecule has 0 fully saturated rings. The van der Waals surface area contributed by atoms with E-state index in [0.717, 1.165) is 33.5 Å². The fraction of sp³-hybridized carbons (Fsp3) is 0.300. The first-order valence-corrected chi connectivity index (χ1v) is 11.7. The quantitative estimate of drug-likeness (QED) is 0.333. The highest BCUT2D eigenvalue weighted by molar-refractivity contribution is 6.15. The third kappa shape index (κ3) is 3.38. The molecule has 3 heteroatoms. The van der Waals surface area contributed by atoms with Crippen molar-refractivity contribution in [2.45, 2.75) is 40.7 Å². The minimum absolute atomic E-state index is 0.165. The van der Waals surface area contributed by atoms with E-state index in [9.17, 15) is 0 Å². The van der Waals surface area contributed by atoms with Crippen molar-refractivity contribution in [1.82, 2.24) is 0 Å². The maximum atomic E-state index is 6.27. The fourth-order valence-electron chi connectivity index (χ4n) is 5.14. The lowest BCUT2D eigenvalue weighted by molar-refractivity contribution is 0.292. The summed E-state index contributed by atoms with van der Waals surface area (Å²) in [7, 11) is 1.75. The average molecular weight is 438 g/mol. The molecule has 1 aliphatic rings. The van der Waals surface area contributed by atoms with Crippen molar-refractivity contribution < 1.29 is 9.47 Å². The van der Waals surface area contributed by atoms with Gasteiger partial charge in [0.15, 0.2) is 0 Å². The first-order valence-electron chi connectivity index (χ1n) is 11.7. The molecule has 1 atom stereocenters. The Bertz CT molecular complexity index is 1410. The van der Waals surface area contributed by atoms with Crippen molar-refractivity contribution >= 4 is 27.4 Å². The zero-order chi connectivity index (χ0) is 23.3. The summed E-state index contributed by atoms with van der Waals surface area (Å²) < 4.78 is 12.3. The van der Waals surface area contributed by atoms with Crippen molar-refractivity contribution in [3.8, 4) is 16.9 Å². The number of hydrogen-bond donors (Lipinski definition) is 0. The Kier molecular flexibility index (Phi) is 5.36. The molecule has 0 spiro atoms. The predicted molar refractivity (Wildman–Crippen MR) is 139 cm³/mol. The fourth-order valence-corrected chi connectivity index (χ4v) is 5.14. The molecule has 0 aliphatic carbocycles. The minimum Gasteiger partial charge on any atom is -0.496 e. The standard InChI is InChI=1S/C30H31NO2/c1-17(2)25-16-33-30(31-25)28-24-14-8-7-11-21(24)15-26(32-6)29(28)27-19(4)18(3)22-12-9-10-13-23(22)20(27)5/h7-15,17,25H,16H2,1-6H3/t25-/m1/s1. The molecule has 0 saturated heterocycles. The minimum atomic E-state index is 0.165. The van der Waals surface area contributed by atoms with Crippen LogP contribution in [0.15, 0.2) is 59.6 Å². The Hall–Kier alpha value is -3.33. The largest absolute Gasteiger partial charge is 0.496 e. The Balaban J connectivity index is 1.93. The molecule has 168 valence electrons. The molecule has 1 aliphatic heterocycles. The summed E-state index contributed by atoms with van der Waals surface area (Å²) in [6.07, 6.45) is 0. The summed E-state index contributed by atoms with van der Waals surface area (Å²) in [4.78, 5) is 5.05.